The van der Waals surface area contributed by atoms with E-state index in [9.17, 15) is 0 Å². The van der Waals surface area contributed by atoms with Gasteiger partial charge in [-0.1, -0.05) is 27.7 Å². The molecule has 1 saturated carbocycles. The van der Waals surface area contributed by atoms with Gasteiger partial charge in [0.1, 0.15) is 0 Å². The fraction of sp³-hybridized carbons (Fsp3) is 1.00. The molecule has 0 unspecified atom stereocenters. The molecule has 2 aliphatic heterocycles. The second-order valence-corrected chi connectivity index (χ2v) is 11.3. The summed E-state index contributed by atoms with van der Waals surface area (Å²) in [6, 6.07) is 0. The first kappa shape index (κ1) is 19.7. The minimum Gasteiger partial charge on any atom is -0.403 e. The zero-order chi connectivity index (χ0) is 19.5. The third kappa shape index (κ3) is 2.06. The Morgan fingerprint density at radius 3 is 0.760 bits per heavy atom. The molecular weight excluding hydrogens is 314 g/mol. The van der Waals surface area contributed by atoms with Crippen LogP contribution in [0.15, 0.2) is 0 Å². The fourth-order valence-electron chi connectivity index (χ4n) is 4.75. The summed E-state index contributed by atoms with van der Waals surface area (Å²) in [6.07, 6.45) is 0. The molecule has 0 spiro atoms. The van der Waals surface area contributed by atoms with E-state index in [0.29, 0.717) is 0 Å². The summed E-state index contributed by atoms with van der Waals surface area (Å²) >= 11 is 0. The molecule has 0 bridgehead atoms. The monoisotopic (exact) mass is 350 g/mol. The van der Waals surface area contributed by atoms with Gasteiger partial charge in [-0.25, -0.2) is 0 Å². The van der Waals surface area contributed by atoms with Crippen LogP contribution < -0.4 is 0 Å². The molecule has 25 heavy (non-hydrogen) atoms. The lowest BCUT2D eigenvalue weighted by Crippen LogP contribution is -2.44. The van der Waals surface area contributed by atoms with E-state index in [2.05, 4.69) is 83.1 Å². The van der Waals surface area contributed by atoms with Gasteiger partial charge in [0.05, 0.1) is 27.6 Å². The Bertz CT molecular complexity index is 508. The highest BCUT2D eigenvalue weighted by atomic mass is 16.7. The van der Waals surface area contributed by atoms with Crippen molar-refractivity contribution in [2.75, 3.05) is 0 Å². The Labute approximate surface area is 155 Å². The smallest absolute Gasteiger partial charge is 0.403 e. The van der Waals surface area contributed by atoms with Crippen molar-refractivity contribution < 1.29 is 18.6 Å². The third-order valence-corrected chi connectivity index (χ3v) is 8.82. The lowest BCUT2D eigenvalue weighted by atomic mass is 9.43. The first-order chi connectivity index (χ1) is 10.9. The summed E-state index contributed by atoms with van der Waals surface area (Å²) in [5, 5.41) is -0.365. The average Bonchev–Trinajstić information content (AvgIpc) is 2.51. The average molecular weight is 350 g/mol. The summed E-state index contributed by atoms with van der Waals surface area (Å²) in [5.41, 5.74) is -1.57. The van der Waals surface area contributed by atoms with Crippen LogP contribution in [0.5, 0.6) is 0 Å². The van der Waals surface area contributed by atoms with Gasteiger partial charge in [0, 0.05) is 0 Å². The van der Waals surface area contributed by atoms with Crippen LogP contribution in [0, 0.1) is 10.8 Å². The number of rotatable bonds is 2. The molecule has 0 amide bonds. The Morgan fingerprint density at radius 1 is 0.400 bits per heavy atom. The molecule has 3 rings (SSSR count). The predicted octanol–water partition coefficient (Wildman–Crippen LogP) is 4.52. The van der Waals surface area contributed by atoms with Crippen molar-refractivity contribution >= 4 is 14.2 Å². The van der Waals surface area contributed by atoms with Crippen LogP contribution in [-0.4, -0.2) is 36.6 Å². The van der Waals surface area contributed by atoms with E-state index < -0.39 is 0 Å². The van der Waals surface area contributed by atoms with E-state index in [0.717, 1.165) is 0 Å². The molecular formula is C19H36B2O4. The summed E-state index contributed by atoms with van der Waals surface area (Å²) in [4.78, 5) is 0. The van der Waals surface area contributed by atoms with Gasteiger partial charge in [-0.15, -0.1) is 0 Å². The molecule has 2 heterocycles. The van der Waals surface area contributed by atoms with Crippen molar-refractivity contribution in [3.63, 3.8) is 0 Å². The van der Waals surface area contributed by atoms with Crippen molar-refractivity contribution in [1.29, 1.82) is 0 Å². The zero-order valence-corrected chi connectivity index (χ0v) is 18.3. The Balaban J connectivity index is 2.06. The quantitative estimate of drug-likeness (QED) is 0.687. The van der Waals surface area contributed by atoms with Gasteiger partial charge in [-0.3, -0.25) is 0 Å². The van der Waals surface area contributed by atoms with Crippen molar-refractivity contribution in [2.45, 2.75) is 111 Å². The van der Waals surface area contributed by atoms with Crippen LogP contribution in [0.4, 0.5) is 0 Å². The molecule has 6 heteroatoms. The summed E-state index contributed by atoms with van der Waals surface area (Å²) in [5.74, 6) is 0. The van der Waals surface area contributed by atoms with E-state index in [1.165, 1.54) is 0 Å². The molecule has 0 aromatic heterocycles. The van der Waals surface area contributed by atoms with Crippen molar-refractivity contribution in [3.8, 4) is 0 Å². The normalized spacial score (nSPS) is 35.0. The largest absolute Gasteiger partial charge is 0.463 e. The molecule has 0 atom stereocenters. The Morgan fingerprint density at radius 2 is 0.600 bits per heavy atom. The third-order valence-electron chi connectivity index (χ3n) is 8.82. The standard InChI is InChI=1S/C19H36B2O4/c1-13(2)14(3,4)19(13,20-22-15(5,6)16(7,8)23-20)21-24-17(9,10)18(11,12)25-21/h1-12H3. The highest BCUT2D eigenvalue weighted by Gasteiger charge is 2.91. The number of hydrogen-bond donors (Lipinski definition) is 0. The van der Waals surface area contributed by atoms with Gasteiger partial charge >= 0.3 is 14.2 Å². The van der Waals surface area contributed by atoms with Crippen LogP contribution in [0.2, 0.25) is 5.21 Å². The van der Waals surface area contributed by atoms with E-state index >= 15 is 0 Å². The van der Waals surface area contributed by atoms with Gasteiger partial charge < -0.3 is 18.6 Å². The molecule has 0 N–H and O–H groups in total. The molecule has 0 aromatic rings. The topological polar surface area (TPSA) is 36.9 Å². The van der Waals surface area contributed by atoms with Gasteiger partial charge in [-0.05, 0) is 66.2 Å². The van der Waals surface area contributed by atoms with E-state index in [-0.39, 0.29) is 52.7 Å². The second-order valence-electron chi connectivity index (χ2n) is 11.3. The lowest BCUT2D eigenvalue weighted by molar-refractivity contribution is 0.00578. The van der Waals surface area contributed by atoms with Crippen LogP contribution in [0.3, 0.4) is 0 Å². The second kappa shape index (κ2) is 4.68. The highest BCUT2D eigenvalue weighted by molar-refractivity contribution is 6.74. The Hall–Kier alpha value is -0.0301. The molecule has 3 aliphatic rings. The van der Waals surface area contributed by atoms with Crippen LogP contribution in [0.25, 0.3) is 0 Å². The van der Waals surface area contributed by atoms with Crippen LogP contribution in [0.1, 0.15) is 83.1 Å². The van der Waals surface area contributed by atoms with E-state index in [1.54, 1.807) is 0 Å². The predicted molar refractivity (Wildman–Crippen MR) is 102 cm³/mol. The minimum absolute atomic E-state index is 0.0394. The molecule has 3 fully saturated rings. The summed E-state index contributed by atoms with van der Waals surface area (Å²) < 4.78 is 26.1. The maximum absolute atomic E-state index is 6.53. The lowest BCUT2D eigenvalue weighted by Gasteiger charge is -2.32. The minimum atomic E-state index is -0.372. The van der Waals surface area contributed by atoms with Crippen molar-refractivity contribution in [1.82, 2.24) is 0 Å². The van der Waals surface area contributed by atoms with Crippen LogP contribution in [-0.2, 0) is 18.6 Å². The van der Waals surface area contributed by atoms with Crippen LogP contribution >= 0.6 is 0 Å². The maximum Gasteiger partial charge on any atom is 0.463 e. The molecule has 0 aromatic carbocycles. The van der Waals surface area contributed by atoms with Crippen molar-refractivity contribution in [3.05, 3.63) is 0 Å². The summed E-state index contributed by atoms with van der Waals surface area (Å²) in [6.45, 7) is 26.0. The molecule has 4 nitrogen and oxygen atoms in total. The Kier molecular flexibility index (Phi) is 3.69. The van der Waals surface area contributed by atoms with E-state index in [1.807, 2.05) is 0 Å². The first-order valence-corrected chi connectivity index (χ1v) is 9.59. The van der Waals surface area contributed by atoms with Gasteiger partial charge in [0.15, 0.2) is 0 Å². The maximum atomic E-state index is 6.53. The highest BCUT2D eigenvalue weighted by Crippen LogP contribution is 2.87. The molecule has 1 aliphatic carbocycles. The molecule has 0 radical (unpaired) electrons. The van der Waals surface area contributed by atoms with Crippen molar-refractivity contribution in [2.24, 2.45) is 10.8 Å². The summed E-state index contributed by atoms with van der Waals surface area (Å²) in [7, 11) is -0.727. The van der Waals surface area contributed by atoms with Gasteiger partial charge in [-0.2, -0.15) is 0 Å². The van der Waals surface area contributed by atoms with E-state index in [4.69, 9.17) is 18.6 Å². The SMILES string of the molecule is CC1(C)OB(C2(B3OC(C)(C)C(C)(C)O3)C(C)(C)C2(C)C)OC1(C)C. The molecule has 142 valence electrons. The fourth-order valence-corrected chi connectivity index (χ4v) is 4.75. The first-order valence-electron chi connectivity index (χ1n) is 9.59. The van der Waals surface area contributed by atoms with Gasteiger partial charge in [0.2, 0.25) is 0 Å². The van der Waals surface area contributed by atoms with Gasteiger partial charge in [0.25, 0.3) is 0 Å². The number of hydrogen-bond acceptors (Lipinski definition) is 4. The zero-order valence-electron chi connectivity index (χ0n) is 18.3. The molecule has 2 saturated heterocycles.